The van der Waals surface area contributed by atoms with Gasteiger partial charge in [0.1, 0.15) is 5.75 Å². The van der Waals surface area contributed by atoms with Crippen LogP contribution in [-0.4, -0.2) is 21.7 Å². The molecule has 2 heterocycles. The molecule has 1 aliphatic rings. The fourth-order valence-corrected chi connectivity index (χ4v) is 3.22. The lowest BCUT2D eigenvalue weighted by Gasteiger charge is -2.21. The van der Waals surface area contributed by atoms with Crippen LogP contribution in [0.3, 0.4) is 0 Å². The van der Waals surface area contributed by atoms with Gasteiger partial charge in [0.25, 0.3) is 0 Å². The maximum absolute atomic E-state index is 12.9. The van der Waals surface area contributed by atoms with Crippen molar-refractivity contribution in [3.63, 3.8) is 0 Å². The van der Waals surface area contributed by atoms with Crippen LogP contribution in [0.1, 0.15) is 39.7 Å². The first-order valence-electron chi connectivity index (χ1n) is 8.43. The SMILES string of the molecule is Cc1cccc(C2=NN(C(=O)c3ccco3)C(c3ccccc3O)C2)c1. The lowest BCUT2D eigenvalue weighted by atomic mass is 9.97. The molecule has 1 aliphatic heterocycles. The molecular weight excluding hydrogens is 328 g/mol. The van der Waals surface area contributed by atoms with Crippen molar-refractivity contribution in [2.75, 3.05) is 0 Å². The van der Waals surface area contributed by atoms with Gasteiger partial charge in [-0.2, -0.15) is 5.10 Å². The molecule has 3 aromatic rings. The Balaban J connectivity index is 1.76. The molecule has 0 radical (unpaired) electrons. The maximum Gasteiger partial charge on any atom is 0.310 e. The molecule has 5 heteroatoms. The first-order chi connectivity index (χ1) is 12.6. The molecule has 1 N–H and O–H groups in total. The predicted molar refractivity (Wildman–Crippen MR) is 98.1 cm³/mol. The van der Waals surface area contributed by atoms with Gasteiger partial charge >= 0.3 is 5.91 Å². The van der Waals surface area contributed by atoms with Crippen LogP contribution in [0.25, 0.3) is 0 Å². The van der Waals surface area contributed by atoms with Gasteiger partial charge in [-0.05, 0) is 30.7 Å². The van der Waals surface area contributed by atoms with Crippen molar-refractivity contribution in [2.24, 2.45) is 5.10 Å². The third-order valence-electron chi connectivity index (χ3n) is 4.50. The highest BCUT2D eigenvalue weighted by Gasteiger charge is 2.35. The number of aromatic hydroxyl groups is 1. The third kappa shape index (κ3) is 2.88. The Kier molecular flexibility index (Phi) is 4.05. The van der Waals surface area contributed by atoms with E-state index in [4.69, 9.17) is 4.42 Å². The molecule has 0 bridgehead atoms. The molecule has 2 aromatic carbocycles. The fraction of sp³-hybridized carbons (Fsp3) is 0.143. The molecule has 5 nitrogen and oxygen atoms in total. The van der Waals surface area contributed by atoms with Gasteiger partial charge in [0.2, 0.25) is 0 Å². The summed E-state index contributed by atoms with van der Waals surface area (Å²) in [4.78, 5) is 12.9. The molecule has 1 atom stereocenters. The van der Waals surface area contributed by atoms with Crippen LogP contribution in [0.4, 0.5) is 0 Å². The Bertz CT molecular complexity index is 976. The molecule has 1 unspecified atom stereocenters. The van der Waals surface area contributed by atoms with Crippen LogP contribution in [0.15, 0.2) is 76.4 Å². The first-order valence-corrected chi connectivity index (χ1v) is 8.43. The van der Waals surface area contributed by atoms with Crippen molar-refractivity contribution >= 4 is 11.6 Å². The monoisotopic (exact) mass is 346 g/mol. The van der Waals surface area contributed by atoms with E-state index >= 15 is 0 Å². The lowest BCUT2D eigenvalue weighted by molar-refractivity contribution is 0.0677. The van der Waals surface area contributed by atoms with Gasteiger partial charge in [0.05, 0.1) is 18.0 Å². The largest absolute Gasteiger partial charge is 0.508 e. The van der Waals surface area contributed by atoms with Crippen LogP contribution in [-0.2, 0) is 0 Å². The number of hydrazone groups is 1. The van der Waals surface area contributed by atoms with Gasteiger partial charge in [-0.15, -0.1) is 0 Å². The molecule has 0 aliphatic carbocycles. The van der Waals surface area contributed by atoms with Gasteiger partial charge in [0, 0.05) is 12.0 Å². The van der Waals surface area contributed by atoms with Crippen molar-refractivity contribution in [1.29, 1.82) is 0 Å². The zero-order valence-electron chi connectivity index (χ0n) is 14.3. The normalized spacial score (nSPS) is 16.6. The summed E-state index contributed by atoms with van der Waals surface area (Å²) in [7, 11) is 0. The van der Waals surface area contributed by atoms with Crippen molar-refractivity contribution in [1.82, 2.24) is 5.01 Å². The van der Waals surface area contributed by atoms with Crippen LogP contribution in [0, 0.1) is 6.92 Å². The number of amides is 1. The molecule has 0 spiro atoms. The van der Waals surface area contributed by atoms with Crippen LogP contribution < -0.4 is 0 Å². The molecule has 1 aromatic heterocycles. The molecular formula is C21H18N2O3. The van der Waals surface area contributed by atoms with Crippen molar-refractivity contribution in [3.05, 3.63) is 89.4 Å². The van der Waals surface area contributed by atoms with Crippen molar-refractivity contribution in [2.45, 2.75) is 19.4 Å². The standard InChI is InChI=1S/C21H18N2O3/c1-14-6-4-7-15(12-14)17-13-18(16-8-2-3-9-19(16)24)23(22-17)21(25)20-10-5-11-26-20/h2-12,18,24H,13H2,1H3. The highest BCUT2D eigenvalue weighted by molar-refractivity contribution is 6.04. The number of hydrogen-bond acceptors (Lipinski definition) is 4. The molecule has 0 saturated heterocycles. The van der Waals surface area contributed by atoms with Crippen LogP contribution >= 0.6 is 0 Å². The van der Waals surface area contributed by atoms with Crippen LogP contribution in [0.5, 0.6) is 5.75 Å². The van der Waals surface area contributed by atoms with E-state index in [0.717, 1.165) is 16.8 Å². The number of phenols is 1. The summed E-state index contributed by atoms with van der Waals surface area (Å²) in [5, 5.41) is 16.3. The van der Waals surface area contributed by atoms with Gasteiger partial charge in [-0.1, -0.05) is 48.0 Å². The Morgan fingerprint density at radius 2 is 2.00 bits per heavy atom. The van der Waals surface area contributed by atoms with E-state index in [0.29, 0.717) is 12.0 Å². The molecule has 4 rings (SSSR count). The number of nitrogens with zero attached hydrogens (tertiary/aromatic N) is 2. The number of rotatable bonds is 3. The number of hydrogen-bond donors (Lipinski definition) is 1. The molecule has 0 saturated carbocycles. The second-order valence-electron chi connectivity index (χ2n) is 6.32. The van der Waals surface area contributed by atoms with Crippen LogP contribution in [0.2, 0.25) is 0 Å². The zero-order valence-corrected chi connectivity index (χ0v) is 14.3. The number of aryl methyl sites for hydroxylation is 1. The Labute approximate surface area is 151 Å². The summed E-state index contributed by atoms with van der Waals surface area (Å²) in [5.41, 5.74) is 3.57. The second kappa shape index (κ2) is 6.52. The van der Waals surface area contributed by atoms with E-state index in [1.807, 2.05) is 43.3 Å². The van der Waals surface area contributed by atoms with Gasteiger partial charge < -0.3 is 9.52 Å². The minimum atomic E-state index is -0.385. The average Bonchev–Trinajstić information content (AvgIpc) is 3.32. The summed E-state index contributed by atoms with van der Waals surface area (Å²) >= 11 is 0. The summed E-state index contributed by atoms with van der Waals surface area (Å²) in [5.74, 6) is 0.0426. The Morgan fingerprint density at radius 3 is 2.73 bits per heavy atom. The average molecular weight is 346 g/mol. The zero-order chi connectivity index (χ0) is 18.1. The minimum Gasteiger partial charge on any atom is -0.508 e. The van der Waals surface area contributed by atoms with Gasteiger partial charge in [-0.25, -0.2) is 5.01 Å². The smallest absolute Gasteiger partial charge is 0.310 e. The van der Waals surface area contributed by atoms with Gasteiger partial charge in [-0.3, -0.25) is 4.79 Å². The highest BCUT2D eigenvalue weighted by Crippen LogP contribution is 2.37. The number of para-hydroxylation sites is 1. The Morgan fingerprint density at radius 1 is 1.15 bits per heavy atom. The number of benzene rings is 2. The number of carbonyl (C=O) groups excluding carboxylic acids is 1. The van der Waals surface area contributed by atoms with Gasteiger partial charge in [0.15, 0.2) is 5.76 Å². The molecule has 26 heavy (non-hydrogen) atoms. The Hall–Kier alpha value is -3.34. The van der Waals surface area contributed by atoms with E-state index in [1.165, 1.54) is 11.3 Å². The maximum atomic E-state index is 12.9. The summed E-state index contributed by atoms with van der Waals surface area (Å²) in [6.07, 6.45) is 1.98. The summed E-state index contributed by atoms with van der Waals surface area (Å²) in [6, 6.07) is 18.0. The lowest BCUT2D eigenvalue weighted by Crippen LogP contribution is -2.26. The number of furan rings is 1. The number of carbonyl (C=O) groups is 1. The van der Waals surface area contributed by atoms with Crippen molar-refractivity contribution < 1.29 is 14.3 Å². The van der Waals surface area contributed by atoms with E-state index in [2.05, 4.69) is 5.10 Å². The fourth-order valence-electron chi connectivity index (χ4n) is 3.22. The molecule has 0 fully saturated rings. The van der Waals surface area contributed by atoms with Crippen molar-refractivity contribution in [3.8, 4) is 5.75 Å². The predicted octanol–water partition coefficient (Wildman–Crippen LogP) is 4.29. The summed E-state index contributed by atoms with van der Waals surface area (Å²) < 4.78 is 5.26. The topological polar surface area (TPSA) is 66.0 Å². The molecule has 130 valence electrons. The van der Waals surface area contributed by atoms with E-state index < -0.39 is 0 Å². The highest BCUT2D eigenvalue weighted by atomic mass is 16.3. The van der Waals surface area contributed by atoms with E-state index in [-0.39, 0.29) is 23.5 Å². The third-order valence-corrected chi connectivity index (χ3v) is 4.50. The van der Waals surface area contributed by atoms with E-state index in [1.54, 1.807) is 24.3 Å². The second-order valence-corrected chi connectivity index (χ2v) is 6.32. The summed E-state index contributed by atoms with van der Waals surface area (Å²) in [6.45, 7) is 2.02. The molecule has 1 amide bonds. The van der Waals surface area contributed by atoms with E-state index in [9.17, 15) is 9.90 Å². The first kappa shape index (κ1) is 16.1. The quantitative estimate of drug-likeness (QED) is 0.769. The number of phenolic OH excluding ortho intramolecular Hbond substituents is 1. The minimum absolute atomic E-state index is 0.149.